The molecule has 0 amide bonds. The van der Waals surface area contributed by atoms with Gasteiger partial charge in [-0.1, -0.05) is 33.1 Å². The zero-order chi connectivity index (χ0) is 31.6. The zero-order valence-electron chi connectivity index (χ0n) is 24.4. The van der Waals surface area contributed by atoms with Crippen LogP contribution in [0.15, 0.2) is 77.8 Å². The van der Waals surface area contributed by atoms with Crippen LogP contribution in [0.25, 0.3) is 0 Å². The number of hydrogen-bond donors (Lipinski definition) is 5. The topological polar surface area (TPSA) is 179 Å². The van der Waals surface area contributed by atoms with Gasteiger partial charge in [-0.25, -0.2) is 19.4 Å². The number of benzene rings is 3. The van der Waals surface area contributed by atoms with E-state index in [2.05, 4.69) is 24.5 Å². The van der Waals surface area contributed by atoms with Crippen molar-refractivity contribution in [1.29, 1.82) is 0 Å². The SMILES string of the molecule is CCCCC(CC)Cn1c(Nc2ccc(C(=O)O)cc2)nc(Nc2ccc(C(=O)O)cc2)nc1=Nc1ccc(C(=O)O)cc1. The molecule has 12 nitrogen and oxygen atoms in total. The minimum absolute atomic E-state index is 0.129. The molecule has 1 heterocycles. The fourth-order valence-corrected chi connectivity index (χ4v) is 4.46. The molecule has 0 aliphatic heterocycles. The van der Waals surface area contributed by atoms with Crippen LogP contribution < -0.4 is 16.3 Å². The second kappa shape index (κ2) is 14.6. The van der Waals surface area contributed by atoms with Gasteiger partial charge in [0.15, 0.2) is 0 Å². The number of carboxylic acids is 3. The summed E-state index contributed by atoms with van der Waals surface area (Å²) >= 11 is 0. The van der Waals surface area contributed by atoms with Gasteiger partial charge >= 0.3 is 17.9 Å². The first kappa shape index (κ1) is 31.4. The van der Waals surface area contributed by atoms with Gasteiger partial charge in [0.1, 0.15) is 0 Å². The molecule has 12 heteroatoms. The molecule has 0 fully saturated rings. The van der Waals surface area contributed by atoms with Crippen molar-refractivity contribution >= 4 is 46.9 Å². The van der Waals surface area contributed by atoms with E-state index >= 15 is 0 Å². The van der Waals surface area contributed by atoms with Crippen LogP contribution in [0.5, 0.6) is 0 Å². The Morgan fingerprint density at radius 3 is 1.73 bits per heavy atom. The molecule has 44 heavy (non-hydrogen) atoms. The summed E-state index contributed by atoms with van der Waals surface area (Å²) in [6, 6.07) is 18.5. The quantitative estimate of drug-likeness (QED) is 0.110. The van der Waals surface area contributed by atoms with E-state index in [1.165, 1.54) is 36.4 Å². The molecule has 1 atom stereocenters. The average molecular weight is 599 g/mol. The minimum Gasteiger partial charge on any atom is -0.478 e. The van der Waals surface area contributed by atoms with Crippen LogP contribution in [0.2, 0.25) is 0 Å². The number of carboxylic acid groups (broad SMARTS) is 3. The number of rotatable bonds is 14. The molecule has 0 bridgehead atoms. The Balaban J connectivity index is 1.86. The first-order valence-electron chi connectivity index (χ1n) is 14.2. The maximum atomic E-state index is 11.4. The fraction of sp³-hybridized carbons (Fsp3) is 0.250. The van der Waals surface area contributed by atoms with Gasteiger partial charge in [-0.3, -0.25) is 4.57 Å². The predicted molar refractivity (Wildman–Crippen MR) is 165 cm³/mol. The summed E-state index contributed by atoms with van der Waals surface area (Å²) in [5.41, 5.74) is 2.33. The Kier molecular flexibility index (Phi) is 10.4. The molecule has 0 saturated carbocycles. The summed E-state index contributed by atoms with van der Waals surface area (Å²) in [5, 5.41) is 34.3. The molecule has 228 valence electrons. The van der Waals surface area contributed by atoms with Crippen molar-refractivity contribution in [2.45, 2.75) is 46.1 Å². The van der Waals surface area contributed by atoms with Crippen molar-refractivity contribution in [2.75, 3.05) is 10.6 Å². The van der Waals surface area contributed by atoms with Crippen molar-refractivity contribution in [2.24, 2.45) is 10.9 Å². The summed E-state index contributed by atoms with van der Waals surface area (Å²) in [6.45, 7) is 4.80. The van der Waals surface area contributed by atoms with Crippen LogP contribution in [0.1, 0.15) is 70.6 Å². The molecule has 0 spiro atoms. The van der Waals surface area contributed by atoms with E-state index in [0.29, 0.717) is 35.2 Å². The highest BCUT2D eigenvalue weighted by Crippen LogP contribution is 2.22. The van der Waals surface area contributed by atoms with Gasteiger partial charge in [-0.15, -0.1) is 0 Å². The lowest BCUT2D eigenvalue weighted by Gasteiger charge is -2.21. The zero-order valence-corrected chi connectivity index (χ0v) is 24.4. The van der Waals surface area contributed by atoms with Gasteiger partial charge in [-0.05, 0) is 85.1 Å². The summed E-state index contributed by atoms with van der Waals surface area (Å²) in [5.74, 6) is -2.27. The summed E-state index contributed by atoms with van der Waals surface area (Å²) in [4.78, 5) is 48.3. The van der Waals surface area contributed by atoms with E-state index in [1.54, 1.807) is 36.4 Å². The van der Waals surface area contributed by atoms with Crippen molar-refractivity contribution in [3.05, 3.63) is 95.1 Å². The molecule has 0 radical (unpaired) electrons. The molecule has 4 aromatic rings. The van der Waals surface area contributed by atoms with Crippen LogP contribution in [0.4, 0.5) is 29.0 Å². The van der Waals surface area contributed by atoms with E-state index in [0.717, 1.165) is 25.7 Å². The molecule has 0 aliphatic carbocycles. The minimum atomic E-state index is -1.05. The third-order valence-electron chi connectivity index (χ3n) is 7.02. The number of aromatic carboxylic acids is 3. The van der Waals surface area contributed by atoms with Crippen molar-refractivity contribution in [3.8, 4) is 0 Å². The Morgan fingerprint density at radius 1 is 0.750 bits per heavy atom. The highest BCUT2D eigenvalue weighted by atomic mass is 16.4. The number of aromatic nitrogens is 3. The van der Waals surface area contributed by atoms with E-state index in [9.17, 15) is 29.7 Å². The van der Waals surface area contributed by atoms with Gasteiger partial charge < -0.3 is 26.0 Å². The first-order valence-corrected chi connectivity index (χ1v) is 14.2. The molecule has 0 aliphatic rings. The van der Waals surface area contributed by atoms with Crippen LogP contribution >= 0.6 is 0 Å². The standard InChI is InChI=1S/C32H34N6O6/c1-3-5-6-20(4-2)19-38-31(34-25-15-9-22(10-16-25)28(41)42)36-30(33-24-13-7-21(8-14-24)27(39)40)37-32(38)35-26-17-11-23(12-18-26)29(43)44/h7-18,20H,3-6,19H2,1-2H3,(H,39,40)(H,41,42)(H,43,44)(H2,33,34,35,36,37). The number of nitrogens with zero attached hydrogens (tertiary/aromatic N) is 4. The van der Waals surface area contributed by atoms with Crippen LogP contribution in [-0.4, -0.2) is 47.8 Å². The number of carbonyl (C=O) groups is 3. The molecule has 4 rings (SSSR count). The first-order chi connectivity index (χ1) is 21.2. The molecule has 1 unspecified atom stereocenters. The van der Waals surface area contributed by atoms with Gasteiger partial charge in [-0.2, -0.15) is 9.97 Å². The average Bonchev–Trinajstić information content (AvgIpc) is 3.01. The van der Waals surface area contributed by atoms with Gasteiger partial charge in [0.25, 0.3) is 0 Å². The van der Waals surface area contributed by atoms with Crippen LogP contribution in [-0.2, 0) is 6.54 Å². The van der Waals surface area contributed by atoms with E-state index in [4.69, 9.17) is 15.0 Å². The van der Waals surface area contributed by atoms with E-state index in [-0.39, 0.29) is 28.6 Å². The van der Waals surface area contributed by atoms with Crippen LogP contribution in [0, 0.1) is 5.92 Å². The van der Waals surface area contributed by atoms with Crippen molar-refractivity contribution < 1.29 is 29.7 Å². The fourth-order valence-electron chi connectivity index (χ4n) is 4.46. The summed E-state index contributed by atoms with van der Waals surface area (Å²) < 4.78 is 1.86. The molecular formula is C32H34N6O6. The van der Waals surface area contributed by atoms with E-state index in [1.807, 2.05) is 4.57 Å². The molecule has 5 N–H and O–H groups in total. The lowest BCUT2D eigenvalue weighted by molar-refractivity contribution is 0.0686. The maximum Gasteiger partial charge on any atom is 0.335 e. The van der Waals surface area contributed by atoms with Crippen LogP contribution in [0.3, 0.4) is 0 Å². The summed E-state index contributed by atoms with van der Waals surface area (Å²) in [6.07, 6.45) is 3.99. The predicted octanol–water partition coefficient (Wildman–Crippen LogP) is 6.31. The Labute approximate surface area is 253 Å². The molecule has 0 saturated heterocycles. The smallest absolute Gasteiger partial charge is 0.335 e. The maximum absolute atomic E-state index is 11.4. The van der Waals surface area contributed by atoms with Gasteiger partial charge in [0.2, 0.25) is 17.5 Å². The lowest BCUT2D eigenvalue weighted by Crippen LogP contribution is -2.31. The number of unbranched alkanes of at least 4 members (excludes halogenated alkanes) is 1. The normalized spacial score (nSPS) is 12.0. The second-order valence-electron chi connectivity index (χ2n) is 10.2. The number of nitrogens with one attached hydrogen (secondary N) is 2. The third kappa shape index (κ3) is 8.28. The van der Waals surface area contributed by atoms with Crippen molar-refractivity contribution in [1.82, 2.24) is 14.5 Å². The molecular weight excluding hydrogens is 564 g/mol. The van der Waals surface area contributed by atoms with Crippen molar-refractivity contribution in [3.63, 3.8) is 0 Å². The highest BCUT2D eigenvalue weighted by molar-refractivity contribution is 5.89. The molecule has 1 aromatic heterocycles. The highest BCUT2D eigenvalue weighted by Gasteiger charge is 2.16. The monoisotopic (exact) mass is 598 g/mol. The lowest BCUT2D eigenvalue weighted by atomic mass is 9.99. The van der Waals surface area contributed by atoms with Gasteiger partial charge in [0.05, 0.1) is 22.4 Å². The Morgan fingerprint density at radius 2 is 1.25 bits per heavy atom. The van der Waals surface area contributed by atoms with E-state index < -0.39 is 17.9 Å². The number of hydrogen-bond acceptors (Lipinski definition) is 8. The Hall–Kier alpha value is -5.52. The number of anilines is 4. The summed E-state index contributed by atoms with van der Waals surface area (Å²) in [7, 11) is 0. The second-order valence-corrected chi connectivity index (χ2v) is 10.2. The largest absolute Gasteiger partial charge is 0.478 e. The van der Waals surface area contributed by atoms with Gasteiger partial charge in [0, 0.05) is 17.9 Å². The third-order valence-corrected chi connectivity index (χ3v) is 7.02. The Bertz CT molecular complexity index is 1680. The molecule has 3 aromatic carbocycles.